The van der Waals surface area contributed by atoms with E-state index in [1.807, 2.05) is 53.4 Å². The summed E-state index contributed by atoms with van der Waals surface area (Å²) in [5.41, 5.74) is 3.00. The van der Waals surface area contributed by atoms with Crippen LogP contribution in [0.15, 0.2) is 53.0 Å². The lowest BCUT2D eigenvalue weighted by Gasteiger charge is -2.32. The van der Waals surface area contributed by atoms with E-state index >= 15 is 0 Å². The average Bonchev–Trinajstić information content (AvgIpc) is 2.68. The fraction of sp³-hybridized carbons (Fsp3) is 0.238. The minimum atomic E-state index is 0.0434. The first-order chi connectivity index (χ1) is 13.0. The van der Waals surface area contributed by atoms with Gasteiger partial charge in [-0.05, 0) is 37.4 Å². The third-order valence-electron chi connectivity index (χ3n) is 4.94. The van der Waals surface area contributed by atoms with Crippen molar-refractivity contribution in [2.75, 3.05) is 33.2 Å². The van der Waals surface area contributed by atoms with Gasteiger partial charge in [-0.3, -0.25) is 4.79 Å². The number of carbonyl (C=O) groups is 1. The van der Waals surface area contributed by atoms with E-state index in [2.05, 4.69) is 27.9 Å². The van der Waals surface area contributed by atoms with Gasteiger partial charge in [0.25, 0.3) is 5.91 Å². The van der Waals surface area contributed by atoms with Gasteiger partial charge in [0.05, 0.1) is 16.8 Å². The fourth-order valence-electron chi connectivity index (χ4n) is 3.36. The molecular formula is C21H19BrClN3O. The van der Waals surface area contributed by atoms with E-state index < -0.39 is 0 Å². The Kier molecular flexibility index (Phi) is 5.17. The Morgan fingerprint density at radius 1 is 1.07 bits per heavy atom. The third-order valence-corrected chi connectivity index (χ3v) is 5.76. The zero-order chi connectivity index (χ0) is 19.0. The summed E-state index contributed by atoms with van der Waals surface area (Å²) >= 11 is 9.90. The number of pyridine rings is 1. The molecule has 27 heavy (non-hydrogen) atoms. The Balaban J connectivity index is 1.85. The molecule has 1 aliphatic heterocycles. The van der Waals surface area contributed by atoms with Gasteiger partial charge in [0, 0.05) is 46.6 Å². The number of likely N-dealkylation sites (N-methyl/N-ethyl adjacent to an activating group) is 1. The molecule has 6 heteroatoms. The van der Waals surface area contributed by atoms with Crippen molar-refractivity contribution < 1.29 is 4.79 Å². The number of piperazine rings is 1. The number of halogens is 2. The monoisotopic (exact) mass is 443 g/mol. The van der Waals surface area contributed by atoms with Gasteiger partial charge in [-0.15, -0.1) is 0 Å². The molecule has 1 aliphatic rings. The molecule has 4 nitrogen and oxygen atoms in total. The number of hydrogen-bond acceptors (Lipinski definition) is 3. The van der Waals surface area contributed by atoms with Crippen molar-refractivity contribution in [3.63, 3.8) is 0 Å². The quantitative estimate of drug-likeness (QED) is 0.574. The van der Waals surface area contributed by atoms with Crippen LogP contribution < -0.4 is 0 Å². The molecule has 2 heterocycles. The molecule has 2 aromatic carbocycles. The maximum absolute atomic E-state index is 13.3. The molecule has 0 radical (unpaired) electrons. The van der Waals surface area contributed by atoms with Crippen LogP contribution in [0, 0.1) is 0 Å². The molecule has 0 atom stereocenters. The first-order valence-corrected chi connectivity index (χ1v) is 10.0. The molecule has 0 saturated carbocycles. The zero-order valence-corrected chi connectivity index (χ0v) is 17.3. The van der Waals surface area contributed by atoms with Crippen molar-refractivity contribution in [1.82, 2.24) is 14.8 Å². The molecule has 1 saturated heterocycles. The summed E-state index contributed by atoms with van der Waals surface area (Å²) in [7, 11) is 2.08. The molecule has 3 aromatic rings. The molecule has 4 rings (SSSR count). The van der Waals surface area contributed by atoms with Crippen LogP contribution in [0.5, 0.6) is 0 Å². The molecule has 138 valence electrons. The second-order valence-electron chi connectivity index (χ2n) is 6.79. The Bertz CT molecular complexity index is 1020. The first-order valence-electron chi connectivity index (χ1n) is 8.86. The van der Waals surface area contributed by atoms with Gasteiger partial charge >= 0.3 is 0 Å². The Labute approximate surface area is 171 Å². The summed E-state index contributed by atoms with van der Waals surface area (Å²) in [6.07, 6.45) is 0. The molecular weight excluding hydrogens is 426 g/mol. The molecule has 0 spiro atoms. The number of aromatic nitrogens is 1. The molecule has 1 amide bonds. The predicted octanol–water partition coefficient (Wildman–Crippen LogP) is 4.71. The van der Waals surface area contributed by atoms with E-state index in [1.165, 1.54) is 0 Å². The van der Waals surface area contributed by atoms with Crippen molar-refractivity contribution in [2.24, 2.45) is 0 Å². The van der Waals surface area contributed by atoms with Crippen molar-refractivity contribution in [1.29, 1.82) is 0 Å². The molecule has 0 N–H and O–H groups in total. The number of benzene rings is 2. The smallest absolute Gasteiger partial charge is 0.254 e. The van der Waals surface area contributed by atoms with E-state index in [-0.39, 0.29) is 5.91 Å². The van der Waals surface area contributed by atoms with E-state index in [4.69, 9.17) is 16.6 Å². The van der Waals surface area contributed by atoms with Crippen molar-refractivity contribution in [3.8, 4) is 11.3 Å². The third kappa shape index (κ3) is 3.72. The lowest BCUT2D eigenvalue weighted by Crippen LogP contribution is -2.47. The SMILES string of the molecule is CN1CCN(C(=O)c2cc(-c3ccccc3Cl)nc3ccc(Br)cc23)CC1. The predicted molar refractivity (Wildman–Crippen MR) is 113 cm³/mol. The van der Waals surface area contributed by atoms with E-state index in [9.17, 15) is 4.79 Å². The zero-order valence-electron chi connectivity index (χ0n) is 15.0. The summed E-state index contributed by atoms with van der Waals surface area (Å²) < 4.78 is 0.926. The van der Waals surface area contributed by atoms with Crippen molar-refractivity contribution in [2.45, 2.75) is 0 Å². The van der Waals surface area contributed by atoms with Crippen LogP contribution in [0.2, 0.25) is 5.02 Å². The number of fused-ring (bicyclic) bond motifs is 1. The van der Waals surface area contributed by atoms with E-state index in [0.717, 1.165) is 47.1 Å². The second kappa shape index (κ2) is 7.58. The highest BCUT2D eigenvalue weighted by Crippen LogP contribution is 2.31. The lowest BCUT2D eigenvalue weighted by atomic mass is 10.0. The Morgan fingerprint density at radius 2 is 1.81 bits per heavy atom. The Hall–Kier alpha value is -1.95. The molecule has 1 fully saturated rings. The van der Waals surface area contributed by atoms with E-state index in [0.29, 0.717) is 16.3 Å². The summed E-state index contributed by atoms with van der Waals surface area (Å²) in [6, 6.07) is 15.3. The van der Waals surface area contributed by atoms with E-state index in [1.54, 1.807) is 0 Å². The average molecular weight is 445 g/mol. The van der Waals surface area contributed by atoms with Gasteiger partial charge in [-0.1, -0.05) is 45.7 Å². The highest BCUT2D eigenvalue weighted by atomic mass is 79.9. The number of carbonyl (C=O) groups excluding carboxylic acids is 1. The van der Waals surface area contributed by atoms with Gasteiger partial charge in [0.2, 0.25) is 0 Å². The first kappa shape index (κ1) is 18.4. The highest BCUT2D eigenvalue weighted by molar-refractivity contribution is 9.10. The number of amides is 1. The normalized spacial score (nSPS) is 15.3. The van der Waals surface area contributed by atoms with Crippen LogP contribution in [0.4, 0.5) is 0 Å². The van der Waals surface area contributed by atoms with Gasteiger partial charge in [-0.25, -0.2) is 4.98 Å². The van der Waals surface area contributed by atoms with Crippen LogP contribution in [0.1, 0.15) is 10.4 Å². The fourth-order valence-corrected chi connectivity index (χ4v) is 3.96. The number of nitrogens with zero attached hydrogens (tertiary/aromatic N) is 3. The summed E-state index contributed by atoms with van der Waals surface area (Å²) in [5.74, 6) is 0.0434. The molecule has 1 aromatic heterocycles. The van der Waals surface area contributed by atoms with Crippen LogP contribution in [-0.4, -0.2) is 53.9 Å². The molecule has 0 aliphatic carbocycles. The molecule has 0 bridgehead atoms. The van der Waals surface area contributed by atoms with Crippen molar-refractivity contribution >= 4 is 44.3 Å². The maximum atomic E-state index is 13.3. The minimum absolute atomic E-state index is 0.0434. The maximum Gasteiger partial charge on any atom is 0.254 e. The second-order valence-corrected chi connectivity index (χ2v) is 8.11. The lowest BCUT2D eigenvalue weighted by molar-refractivity contribution is 0.0666. The summed E-state index contributed by atoms with van der Waals surface area (Å²) in [4.78, 5) is 22.3. The highest BCUT2D eigenvalue weighted by Gasteiger charge is 2.23. The largest absolute Gasteiger partial charge is 0.336 e. The van der Waals surface area contributed by atoms with Gasteiger partial charge in [0.15, 0.2) is 0 Å². The van der Waals surface area contributed by atoms with Gasteiger partial charge in [0.1, 0.15) is 0 Å². The van der Waals surface area contributed by atoms with Gasteiger partial charge < -0.3 is 9.80 Å². The number of rotatable bonds is 2. The van der Waals surface area contributed by atoms with Crippen molar-refractivity contribution in [3.05, 3.63) is 63.6 Å². The van der Waals surface area contributed by atoms with Crippen LogP contribution in [0.3, 0.4) is 0 Å². The Morgan fingerprint density at radius 3 is 2.56 bits per heavy atom. The van der Waals surface area contributed by atoms with Gasteiger partial charge in [-0.2, -0.15) is 0 Å². The molecule has 0 unspecified atom stereocenters. The number of hydrogen-bond donors (Lipinski definition) is 0. The van der Waals surface area contributed by atoms with Crippen LogP contribution in [0.25, 0.3) is 22.2 Å². The minimum Gasteiger partial charge on any atom is -0.336 e. The topological polar surface area (TPSA) is 36.4 Å². The van der Waals surface area contributed by atoms with Crippen LogP contribution in [-0.2, 0) is 0 Å². The standard InChI is InChI=1S/C21H19BrClN3O/c1-25-8-10-26(11-9-25)21(27)17-13-20(15-4-2-3-5-18(15)23)24-19-7-6-14(22)12-16(17)19/h2-7,12-13H,8-11H2,1H3. The summed E-state index contributed by atoms with van der Waals surface area (Å²) in [6.45, 7) is 3.23. The van der Waals surface area contributed by atoms with Crippen LogP contribution >= 0.6 is 27.5 Å². The summed E-state index contributed by atoms with van der Waals surface area (Å²) in [5, 5.41) is 1.48.